The maximum Gasteiger partial charge on any atom is 0.293 e. The molecule has 3 amide bonds. The summed E-state index contributed by atoms with van der Waals surface area (Å²) in [5.74, 6) is -1.28. The molecule has 4 aromatic rings. The smallest absolute Gasteiger partial charge is 0.293 e. The van der Waals surface area contributed by atoms with Crippen LogP contribution in [0.5, 0.6) is 0 Å². The number of nitro groups is 1. The quantitative estimate of drug-likeness (QED) is 0.190. The van der Waals surface area contributed by atoms with Crippen LogP contribution in [-0.4, -0.2) is 31.4 Å². The Kier molecular flexibility index (Phi) is 6.75. The van der Waals surface area contributed by atoms with Crippen molar-refractivity contribution in [3.63, 3.8) is 0 Å². The molecule has 1 aliphatic heterocycles. The zero-order valence-corrected chi connectivity index (χ0v) is 20.5. The number of rotatable bonds is 7. The van der Waals surface area contributed by atoms with Gasteiger partial charge < -0.3 is 9.88 Å². The highest BCUT2D eigenvalue weighted by Crippen LogP contribution is 2.36. The number of thioether (sulfide) groups is 1. The first-order valence-corrected chi connectivity index (χ1v) is 12.2. The normalized spacial score (nSPS) is 14.4. The van der Waals surface area contributed by atoms with Crippen molar-refractivity contribution in [2.45, 2.75) is 13.1 Å². The molecule has 9 nitrogen and oxygen atoms in total. The number of halogens is 1. The highest BCUT2D eigenvalue weighted by Gasteiger charge is 2.36. The first-order valence-electron chi connectivity index (χ1n) is 11.4. The van der Waals surface area contributed by atoms with E-state index in [0.717, 1.165) is 27.6 Å². The molecule has 0 saturated carbocycles. The fraction of sp³-hybridized carbons (Fsp3) is 0.0741. The highest BCUT2D eigenvalue weighted by molar-refractivity contribution is 8.18. The number of nitro benzene ring substituents is 1. The molecule has 190 valence electrons. The molecule has 3 aromatic carbocycles. The van der Waals surface area contributed by atoms with Crippen LogP contribution in [0, 0.1) is 15.9 Å². The SMILES string of the molecule is O=C(Cn1cc(C=C2SC(=O)N(Cc3ccccc3[N+](=O)[O-])C2=O)c2ccccc21)Nc1ccc(F)cc1. The van der Waals surface area contributed by atoms with Gasteiger partial charge in [0, 0.05) is 40.0 Å². The summed E-state index contributed by atoms with van der Waals surface area (Å²) in [6.45, 7) is -0.255. The van der Waals surface area contributed by atoms with Crippen LogP contribution in [0.4, 0.5) is 20.6 Å². The zero-order valence-electron chi connectivity index (χ0n) is 19.7. The van der Waals surface area contributed by atoms with Crippen molar-refractivity contribution in [2.24, 2.45) is 0 Å². The average Bonchev–Trinajstić information content (AvgIpc) is 3.37. The number of aromatic nitrogens is 1. The summed E-state index contributed by atoms with van der Waals surface area (Å²) in [7, 11) is 0. The van der Waals surface area contributed by atoms with E-state index in [1.54, 1.807) is 22.9 Å². The average molecular weight is 531 g/mol. The van der Waals surface area contributed by atoms with Crippen molar-refractivity contribution in [1.82, 2.24) is 9.47 Å². The second-order valence-electron chi connectivity index (χ2n) is 8.44. The fourth-order valence-electron chi connectivity index (χ4n) is 4.18. The van der Waals surface area contributed by atoms with Gasteiger partial charge in [-0.3, -0.25) is 29.4 Å². The molecule has 0 radical (unpaired) electrons. The maximum atomic E-state index is 13.2. The Hall–Kier alpha value is -4.77. The maximum absolute atomic E-state index is 13.2. The van der Waals surface area contributed by atoms with E-state index in [1.807, 2.05) is 24.3 Å². The van der Waals surface area contributed by atoms with Gasteiger partial charge in [-0.1, -0.05) is 36.4 Å². The van der Waals surface area contributed by atoms with Gasteiger partial charge in [-0.25, -0.2) is 4.39 Å². The molecule has 5 rings (SSSR count). The van der Waals surface area contributed by atoms with Gasteiger partial charge in [-0.15, -0.1) is 0 Å². The zero-order chi connectivity index (χ0) is 26.8. The number of hydrogen-bond donors (Lipinski definition) is 1. The van der Waals surface area contributed by atoms with Crippen LogP contribution in [0.2, 0.25) is 0 Å². The molecule has 2 heterocycles. The summed E-state index contributed by atoms with van der Waals surface area (Å²) in [6, 6.07) is 18.7. The molecule has 0 bridgehead atoms. The van der Waals surface area contributed by atoms with Crippen molar-refractivity contribution >= 4 is 57.2 Å². The first-order chi connectivity index (χ1) is 18.3. The van der Waals surface area contributed by atoms with Crippen LogP contribution in [0.1, 0.15) is 11.1 Å². The molecule has 0 unspecified atom stereocenters. The standard InChI is InChI=1S/C27H19FN4O5S/c28-19-9-11-20(12-10-19)29-25(33)16-30-14-18(21-6-2-4-8-23(21)30)13-24-26(34)31(27(35)38-24)15-17-5-1-3-7-22(17)32(36)37/h1-14H,15-16H2,(H,29,33). The molecule has 1 saturated heterocycles. The lowest BCUT2D eigenvalue weighted by Crippen LogP contribution is -2.27. The van der Waals surface area contributed by atoms with Gasteiger partial charge >= 0.3 is 0 Å². The minimum absolute atomic E-state index is 0.0368. The van der Waals surface area contributed by atoms with E-state index in [4.69, 9.17) is 0 Å². The Morgan fingerprint density at radius 3 is 2.50 bits per heavy atom. The van der Waals surface area contributed by atoms with Crippen molar-refractivity contribution in [3.05, 3.63) is 111 Å². The second kappa shape index (κ2) is 10.3. The summed E-state index contributed by atoms with van der Waals surface area (Å²) in [4.78, 5) is 50.4. The number of carbonyl (C=O) groups is 3. The van der Waals surface area contributed by atoms with E-state index in [-0.39, 0.29) is 35.2 Å². The third kappa shape index (κ3) is 5.04. The van der Waals surface area contributed by atoms with Crippen LogP contribution in [0.25, 0.3) is 17.0 Å². The van der Waals surface area contributed by atoms with Crippen LogP contribution in [0.15, 0.2) is 83.9 Å². The molecule has 0 aliphatic carbocycles. The number of benzene rings is 3. The summed E-state index contributed by atoms with van der Waals surface area (Å²) < 4.78 is 14.9. The summed E-state index contributed by atoms with van der Waals surface area (Å²) in [5.41, 5.74) is 1.92. The molecule has 1 N–H and O–H groups in total. The monoisotopic (exact) mass is 530 g/mol. The first kappa shape index (κ1) is 24.9. The Balaban J connectivity index is 1.39. The molecule has 0 spiro atoms. The predicted molar refractivity (Wildman–Crippen MR) is 142 cm³/mol. The van der Waals surface area contributed by atoms with Gasteiger partial charge in [0.2, 0.25) is 5.91 Å². The number of nitrogens with one attached hydrogen (secondary N) is 1. The van der Waals surface area contributed by atoms with Crippen LogP contribution < -0.4 is 5.32 Å². The summed E-state index contributed by atoms with van der Waals surface area (Å²) in [5, 5.41) is 14.3. The van der Waals surface area contributed by atoms with Crippen molar-refractivity contribution in [2.75, 3.05) is 5.32 Å². The third-order valence-corrected chi connectivity index (χ3v) is 6.85. The van der Waals surface area contributed by atoms with E-state index in [2.05, 4.69) is 5.32 Å². The van der Waals surface area contributed by atoms with E-state index >= 15 is 0 Å². The van der Waals surface area contributed by atoms with E-state index in [1.165, 1.54) is 42.5 Å². The van der Waals surface area contributed by atoms with E-state index in [0.29, 0.717) is 11.3 Å². The minimum Gasteiger partial charge on any atom is -0.337 e. The Morgan fingerprint density at radius 2 is 1.74 bits per heavy atom. The van der Waals surface area contributed by atoms with Crippen molar-refractivity contribution < 1.29 is 23.7 Å². The number of nitrogens with zero attached hydrogens (tertiary/aromatic N) is 3. The molecule has 1 fully saturated rings. The highest BCUT2D eigenvalue weighted by atomic mass is 32.2. The van der Waals surface area contributed by atoms with Gasteiger partial charge in [0.15, 0.2) is 0 Å². The van der Waals surface area contributed by atoms with Crippen LogP contribution in [-0.2, 0) is 22.7 Å². The number of carbonyl (C=O) groups excluding carboxylic acids is 3. The molecular formula is C27H19FN4O5S. The van der Waals surface area contributed by atoms with Crippen molar-refractivity contribution in [1.29, 1.82) is 0 Å². The van der Waals surface area contributed by atoms with E-state index < -0.39 is 21.9 Å². The number of imide groups is 1. The fourth-order valence-corrected chi connectivity index (χ4v) is 5.01. The largest absolute Gasteiger partial charge is 0.337 e. The molecule has 0 atom stereocenters. The molecule has 11 heteroatoms. The molecule has 38 heavy (non-hydrogen) atoms. The molecule has 1 aliphatic rings. The number of para-hydroxylation sites is 2. The van der Waals surface area contributed by atoms with Crippen molar-refractivity contribution in [3.8, 4) is 0 Å². The molecule has 1 aromatic heterocycles. The lowest BCUT2D eigenvalue weighted by Gasteiger charge is -2.12. The lowest BCUT2D eigenvalue weighted by atomic mass is 10.1. The number of hydrogen-bond acceptors (Lipinski definition) is 6. The summed E-state index contributed by atoms with van der Waals surface area (Å²) >= 11 is 0.754. The van der Waals surface area contributed by atoms with Gasteiger partial charge in [0.25, 0.3) is 16.8 Å². The topological polar surface area (TPSA) is 115 Å². The Bertz CT molecular complexity index is 1630. The van der Waals surface area contributed by atoms with Gasteiger partial charge in [0.1, 0.15) is 12.4 Å². The Morgan fingerprint density at radius 1 is 1.03 bits per heavy atom. The lowest BCUT2D eigenvalue weighted by molar-refractivity contribution is -0.385. The number of amides is 3. The second-order valence-corrected chi connectivity index (χ2v) is 9.43. The van der Waals surface area contributed by atoms with E-state index in [9.17, 15) is 28.9 Å². The predicted octanol–water partition coefficient (Wildman–Crippen LogP) is 5.56. The van der Waals surface area contributed by atoms with Gasteiger partial charge in [0.05, 0.1) is 16.4 Å². The summed E-state index contributed by atoms with van der Waals surface area (Å²) in [6.07, 6.45) is 3.30. The minimum atomic E-state index is -0.552. The molecular weight excluding hydrogens is 511 g/mol. The van der Waals surface area contributed by atoms with Crippen LogP contribution >= 0.6 is 11.8 Å². The number of fused-ring (bicyclic) bond motifs is 1. The number of anilines is 1. The Labute approximate surface area is 219 Å². The third-order valence-electron chi connectivity index (χ3n) is 5.94. The van der Waals surface area contributed by atoms with Crippen LogP contribution in [0.3, 0.4) is 0 Å². The van der Waals surface area contributed by atoms with Gasteiger partial charge in [-0.2, -0.15) is 0 Å². The van der Waals surface area contributed by atoms with Gasteiger partial charge in [-0.05, 0) is 48.2 Å².